The molecule has 1 atom stereocenters. The molecule has 0 bridgehead atoms. The van der Waals surface area contributed by atoms with Crippen molar-refractivity contribution in [2.75, 3.05) is 32.4 Å². The molecule has 1 aliphatic heterocycles. The molecule has 0 saturated carbocycles. The van der Waals surface area contributed by atoms with E-state index in [1.165, 1.54) is 0 Å². The molecule has 0 aliphatic carbocycles. The number of halogens is 3. The summed E-state index contributed by atoms with van der Waals surface area (Å²) in [6.07, 6.45) is -0.960. The van der Waals surface area contributed by atoms with E-state index < -0.39 is 28.7 Å². The molecule has 1 fully saturated rings. The van der Waals surface area contributed by atoms with Crippen LogP contribution in [0.25, 0.3) is 0 Å². The molecule has 0 aromatic heterocycles. The minimum absolute atomic E-state index is 0.158. The van der Waals surface area contributed by atoms with Crippen LogP contribution in [-0.4, -0.2) is 63.9 Å². The molecule has 0 unspecified atom stereocenters. The summed E-state index contributed by atoms with van der Waals surface area (Å²) < 4.78 is 60.6. The fourth-order valence-corrected chi connectivity index (χ4v) is 2.68. The fraction of sp³-hybridized carbons (Fsp3) is 0.909. The van der Waals surface area contributed by atoms with Crippen molar-refractivity contribution in [3.8, 4) is 0 Å². The molecular weight excluding hydrogens is 311 g/mol. The Balaban J connectivity index is 2.47. The molecule has 0 radical (unpaired) electrons. The lowest BCUT2D eigenvalue weighted by Gasteiger charge is -2.35. The van der Waals surface area contributed by atoms with Crippen molar-refractivity contribution in [1.82, 2.24) is 14.9 Å². The molecule has 0 spiro atoms. The Hall–Kier alpha value is -0.870. The Kier molecular flexibility index (Phi) is 6.41. The minimum Gasteiger partial charge on any atom is -0.346 e. The first-order chi connectivity index (χ1) is 9.57. The van der Waals surface area contributed by atoms with Crippen molar-refractivity contribution < 1.29 is 26.4 Å². The van der Waals surface area contributed by atoms with E-state index in [2.05, 4.69) is 4.72 Å². The van der Waals surface area contributed by atoms with Gasteiger partial charge in [-0.1, -0.05) is 6.42 Å². The van der Waals surface area contributed by atoms with Crippen molar-refractivity contribution >= 4 is 15.9 Å². The predicted octanol–water partition coefficient (Wildman–Crippen LogP) is 0.0686. The van der Waals surface area contributed by atoms with Crippen LogP contribution in [0.2, 0.25) is 0 Å². The van der Waals surface area contributed by atoms with Gasteiger partial charge in [-0.05, 0) is 19.4 Å². The molecular formula is C11H20F3N3O3S. The highest BCUT2D eigenvalue weighted by atomic mass is 32.2. The number of nitrogens with one attached hydrogen (secondary N) is 2. The molecule has 21 heavy (non-hydrogen) atoms. The highest BCUT2D eigenvalue weighted by molar-refractivity contribution is 7.88. The summed E-state index contributed by atoms with van der Waals surface area (Å²) in [6, 6.07) is -0.176. The van der Waals surface area contributed by atoms with Gasteiger partial charge in [0.2, 0.25) is 15.9 Å². The number of alkyl halides is 3. The number of carbonyl (C=O) groups is 1. The molecule has 1 saturated heterocycles. The SMILES string of the molecule is CS(=O)(=O)NC[C@H]1CCCCN1CC(=O)NCC(F)(F)F. The molecule has 1 rings (SSSR count). The van der Waals surface area contributed by atoms with E-state index in [1.54, 1.807) is 4.90 Å². The Bertz CT molecular complexity index is 453. The monoisotopic (exact) mass is 331 g/mol. The van der Waals surface area contributed by atoms with E-state index in [-0.39, 0.29) is 19.1 Å². The first-order valence-corrected chi connectivity index (χ1v) is 8.48. The first-order valence-electron chi connectivity index (χ1n) is 6.59. The van der Waals surface area contributed by atoms with Gasteiger partial charge in [0.1, 0.15) is 6.54 Å². The maximum atomic E-state index is 12.0. The fourth-order valence-electron chi connectivity index (χ4n) is 2.19. The van der Waals surface area contributed by atoms with Crippen LogP contribution in [0.3, 0.4) is 0 Å². The van der Waals surface area contributed by atoms with Gasteiger partial charge in [-0.15, -0.1) is 0 Å². The standard InChI is InChI=1S/C11H20F3N3O3S/c1-21(19,20)16-6-9-4-2-3-5-17(9)7-10(18)15-8-11(12,13)14/h9,16H,2-8H2,1H3,(H,15,18)/t9-/m1/s1. The third kappa shape index (κ3) is 8.22. The Morgan fingerprint density at radius 1 is 1.33 bits per heavy atom. The second-order valence-corrected chi connectivity index (χ2v) is 6.97. The zero-order valence-electron chi connectivity index (χ0n) is 11.7. The van der Waals surface area contributed by atoms with Crippen LogP contribution in [0.1, 0.15) is 19.3 Å². The first kappa shape index (κ1) is 18.2. The number of rotatable bonds is 6. The lowest BCUT2D eigenvalue weighted by molar-refractivity contribution is -0.139. The summed E-state index contributed by atoms with van der Waals surface area (Å²) in [6.45, 7) is -0.793. The van der Waals surface area contributed by atoms with Gasteiger partial charge < -0.3 is 5.32 Å². The number of likely N-dealkylation sites (tertiary alicyclic amines) is 1. The van der Waals surface area contributed by atoms with Gasteiger partial charge in [0, 0.05) is 12.6 Å². The molecule has 6 nitrogen and oxygen atoms in total. The van der Waals surface area contributed by atoms with E-state index in [0.29, 0.717) is 13.0 Å². The zero-order valence-corrected chi connectivity index (χ0v) is 12.6. The van der Waals surface area contributed by atoms with Crippen LogP contribution in [0.15, 0.2) is 0 Å². The number of piperidine rings is 1. The van der Waals surface area contributed by atoms with Gasteiger partial charge in [-0.2, -0.15) is 13.2 Å². The molecule has 1 heterocycles. The molecule has 2 N–H and O–H groups in total. The van der Waals surface area contributed by atoms with Crippen molar-refractivity contribution in [2.24, 2.45) is 0 Å². The van der Waals surface area contributed by atoms with Crippen LogP contribution in [-0.2, 0) is 14.8 Å². The highest BCUT2D eigenvalue weighted by Crippen LogP contribution is 2.16. The zero-order chi connectivity index (χ0) is 16.1. The van der Waals surface area contributed by atoms with Crippen molar-refractivity contribution in [3.05, 3.63) is 0 Å². The molecule has 0 aromatic rings. The average Bonchev–Trinajstić information content (AvgIpc) is 2.33. The predicted molar refractivity (Wildman–Crippen MR) is 71.1 cm³/mol. The van der Waals surface area contributed by atoms with Gasteiger partial charge in [-0.3, -0.25) is 9.69 Å². The summed E-state index contributed by atoms with van der Waals surface area (Å²) in [4.78, 5) is 13.2. The van der Waals surface area contributed by atoms with Crippen LogP contribution in [0.5, 0.6) is 0 Å². The normalized spacial score (nSPS) is 21.2. The third-order valence-electron chi connectivity index (χ3n) is 3.16. The molecule has 124 valence electrons. The van der Waals surface area contributed by atoms with Crippen LogP contribution in [0, 0.1) is 0 Å². The number of nitrogens with zero attached hydrogens (tertiary/aromatic N) is 1. The maximum absolute atomic E-state index is 12.0. The highest BCUT2D eigenvalue weighted by Gasteiger charge is 2.29. The molecule has 1 aliphatic rings. The van der Waals surface area contributed by atoms with E-state index >= 15 is 0 Å². The van der Waals surface area contributed by atoms with Crippen LogP contribution < -0.4 is 10.0 Å². The van der Waals surface area contributed by atoms with Crippen molar-refractivity contribution in [3.63, 3.8) is 0 Å². The lowest BCUT2D eigenvalue weighted by atomic mass is 10.0. The lowest BCUT2D eigenvalue weighted by Crippen LogP contribution is -2.50. The quantitative estimate of drug-likeness (QED) is 0.722. The van der Waals surface area contributed by atoms with Crippen LogP contribution >= 0.6 is 0 Å². The Labute approximate surface area is 122 Å². The largest absolute Gasteiger partial charge is 0.405 e. The third-order valence-corrected chi connectivity index (χ3v) is 3.85. The second kappa shape index (κ2) is 7.41. The van der Waals surface area contributed by atoms with Gasteiger partial charge in [0.05, 0.1) is 12.8 Å². The Morgan fingerprint density at radius 2 is 2.00 bits per heavy atom. The van der Waals surface area contributed by atoms with E-state index in [1.807, 2.05) is 5.32 Å². The number of amides is 1. The summed E-state index contributed by atoms with van der Waals surface area (Å²) in [5, 5.41) is 1.82. The summed E-state index contributed by atoms with van der Waals surface area (Å²) in [7, 11) is -3.33. The number of hydrogen-bond donors (Lipinski definition) is 2. The molecule has 10 heteroatoms. The molecule has 0 aromatic carbocycles. The molecule has 1 amide bonds. The number of sulfonamides is 1. The van der Waals surface area contributed by atoms with Crippen molar-refractivity contribution in [1.29, 1.82) is 0 Å². The minimum atomic E-state index is -4.44. The number of hydrogen-bond acceptors (Lipinski definition) is 4. The summed E-state index contributed by atoms with van der Waals surface area (Å²) in [5.74, 6) is -0.710. The van der Waals surface area contributed by atoms with Gasteiger partial charge >= 0.3 is 6.18 Å². The summed E-state index contributed by atoms with van der Waals surface area (Å²) >= 11 is 0. The van der Waals surface area contributed by atoms with Crippen LogP contribution in [0.4, 0.5) is 13.2 Å². The second-order valence-electron chi connectivity index (χ2n) is 5.13. The van der Waals surface area contributed by atoms with E-state index in [4.69, 9.17) is 0 Å². The van der Waals surface area contributed by atoms with Gasteiger partial charge in [0.25, 0.3) is 0 Å². The van der Waals surface area contributed by atoms with E-state index in [0.717, 1.165) is 19.1 Å². The van der Waals surface area contributed by atoms with Gasteiger partial charge in [-0.25, -0.2) is 13.1 Å². The smallest absolute Gasteiger partial charge is 0.346 e. The Morgan fingerprint density at radius 3 is 2.57 bits per heavy atom. The average molecular weight is 331 g/mol. The van der Waals surface area contributed by atoms with E-state index in [9.17, 15) is 26.4 Å². The van der Waals surface area contributed by atoms with Gasteiger partial charge in [0.15, 0.2) is 0 Å². The maximum Gasteiger partial charge on any atom is 0.405 e. The summed E-state index contributed by atoms with van der Waals surface area (Å²) in [5.41, 5.74) is 0. The number of carbonyl (C=O) groups excluding carboxylic acids is 1. The topological polar surface area (TPSA) is 78.5 Å². The van der Waals surface area contributed by atoms with Crippen molar-refractivity contribution in [2.45, 2.75) is 31.5 Å².